The highest BCUT2D eigenvalue weighted by atomic mass is 31.2. The van der Waals surface area contributed by atoms with Gasteiger partial charge in [0.15, 0.2) is 6.29 Å². The number of aliphatic hydroxyl groups excluding tert-OH is 14. The average molecular weight is 1290 g/mol. The number of unbranched alkanes of at least 4 members (excludes halogenated alkanes) is 29. The molecule has 0 bridgehead atoms. The van der Waals surface area contributed by atoms with E-state index >= 15 is 0 Å². The number of aliphatic hydroxyl groups is 14. The summed E-state index contributed by atoms with van der Waals surface area (Å²) in [5.74, 6) is -0.550. The molecule has 28 heteroatoms. The fraction of sp³-hybridized carbons (Fsp3) is 0.983. The lowest BCUT2D eigenvalue weighted by Crippen LogP contribution is -2.67. The zero-order valence-electron chi connectivity index (χ0n) is 51.0. The maximum Gasteiger partial charge on any atom is 0.472 e. The zero-order chi connectivity index (χ0) is 63.8. The van der Waals surface area contributed by atoms with Crippen molar-refractivity contribution in [2.24, 2.45) is 0 Å². The molecule has 17 N–H and O–H groups in total. The van der Waals surface area contributed by atoms with Gasteiger partial charge in [0, 0.05) is 6.42 Å². The normalized spacial score (nSPS) is 32.3. The van der Waals surface area contributed by atoms with E-state index in [1.54, 1.807) is 0 Å². The fourth-order valence-electron chi connectivity index (χ4n) is 11.3. The van der Waals surface area contributed by atoms with E-state index in [4.69, 9.17) is 27.6 Å². The minimum atomic E-state index is -5.61. The van der Waals surface area contributed by atoms with Gasteiger partial charge in [-0.3, -0.25) is 22.9 Å². The van der Waals surface area contributed by atoms with Crippen molar-refractivity contribution in [2.45, 2.75) is 348 Å². The molecule has 510 valence electrons. The Morgan fingerprint density at radius 1 is 0.430 bits per heavy atom. The van der Waals surface area contributed by atoms with E-state index in [0.29, 0.717) is 12.8 Å². The lowest BCUT2D eigenvalue weighted by Gasteiger charge is -2.47. The van der Waals surface area contributed by atoms with E-state index in [9.17, 15) is 95.2 Å². The van der Waals surface area contributed by atoms with Crippen LogP contribution in [0.3, 0.4) is 0 Å². The summed E-state index contributed by atoms with van der Waals surface area (Å²) in [6, 6.07) is -1.51. The van der Waals surface area contributed by atoms with Crippen molar-refractivity contribution < 1.29 is 123 Å². The van der Waals surface area contributed by atoms with E-state index in [-0.39, 0.29) is 12.8 Å². The average Bonchev–Trinajstić information content (AvgIpc) is 0.938. The number of phosphoric ester groups is 2. The van der Waals surface area contributed by atoms with Crippen LogP contribution >= 0.6 is 15.6 Å². The van der Waals surface area contributed by atoms with Gasteiger partial charge in [-0.15, -0.1) is 0 Å². The van der Waals surface area contributed by atoms with Gasteiger partial charge in [-0.05, 0) is 12.8 Å². The fourth-order valence-corrected chi connectivity index (χ4v) is 13.2. The largest absolute Gasteiger partial charge is 0.472 e. The summed E-state index contributed by atoms with van der Waals surface area (Å²) in [6.07, 6.45) is -6.35. The SMILES string of the molecule is CCCCCCCCCCCCCCCCCCCC(=O)N[C@@H](COP(=O)(O)O[C@H]1C(O)C(O)C(O)[C@@H](O)C1O[C@H]1O[C@H](COP(=O)(O)OC2C(O)C(O)C(O)[C@@H](O)C2O)[C@@H](O)C(O)C1O)[C@H](O)[C@H](O)CCCCCCCCCCCCCCCC. The van der Waals surface area contributed by atoms with Crippen molar-refractivity contribution in [1.82, 2.24) is 5.32 Å². The van der Waals surface area contributed by atoms with E-state index in [1.807, 2.05) is 0 Å². The molecule has 1 amide bonds. The first kappa shape index (κ1) is 79.3. The van der Waals surface area contributed by atoms with Gasteiger partial charge in [-0.2, -0.15) is 0 Å². The van der Waals surface area contributed by atoms with Gasteiger partial charge in [0.05, 0.1) is 25.4 Å². The number of carbonyl (C=O) groups excluding carboxylic acids is 1. The molecule has 0 radical (unpaired) electrons. The number of rotatable bonds is 48. The molecule has 0 spiro atoms. The van der Waals surface area contributed by atoms with Gasteiger partial charge in [0.25, 0.3) is 0 Å². The van der Waals surface area contributed by atoms with E-state index in [2.05, 4.69) is 19.2 Å². The predicted octanol–water partition coefficient (Wildman–Crippen LogP) is 3.58. The highest BCUT2D eigenvalue weighted by molar-refractivity contribution is 7.47. The number of phosphoric acid groups is 2. The van der Waals surface area contributed by atoms with E-state index in [0.717, 1.165) is 64.2 Å². The molecule has 22 atom stereocenters. The van der Waals surface area contributed by atoms with Crippen LogP contribution in [0.2, 0.25) is 0 Å². The lowest BCUT2D eigenvalue weighted by atomic mass is 9.84. The van der Waals surface area contributed by atoms with Crippen LogP contribution in [-0.2, 0) is 41.5 Å². The molecule has 1 heterocycles. The maximum absolute atomic E-state index is 13.8. The highest BCUT2D eigenvalue weighted by Gasteiger charge is 2.56. The summed E-state index contributed by atoms with van der Waals surface area (Å²) in [5, 5.41) is 152. The molecule has 1 aliphatic heterocycles. The van der Waals surface area contributed by atoms with Gasteiger partial charge in [0.2, 0.25) is 5.91 Å². The van der Waals surface area contributed by atoms with Crippen molar-refractivity contribution in [1.29, 1.82) is 0 Å². The van der Waals surface area contributed by atoms with E-state index in [1.165, 1.54) is 122 Å². The Morgan fingerprint density at radius 3 is 1.20 bits per heavy atom. The topological polar surface area (TPSA) is 442 Å². The minimum absolute atomic E-state index is 0.0208. The number of hydrogen-bond donors (Lipinski definition) is 17. The number of ether oxygens (including phenoxy) is 2. The van der Waals surface area contributed by atoms with Crippen LogP contribution in [0.5, 0.6) is 0 Å². The third kappa shape index (κ3) is 28.5. The third-order valence-corrected chi connectivity index (χ3v) is 18.9. The number of amides is 1. The molecule has 1 saturated heterocycles. The molecular weight excluding hydrogens is 1170 g/mol. The van der Waals surface area contributed by atoms with Gasteiger partial charge in [0.1, 0.15) is 104 Å². The summed E-state index contributed by atoms with van der Waals surface area (Å²) in [7, 11) is -11.1. The lowest BCUT2D eigenvalue weighted by molar-refractivity contribution is -0.337. The maximum atomic E-state index is 13.8. The van der Waals surface area contributed by atoms with Gasteiger partial charge in [-0.1, -0.05) is 206 Å². The summed E-state index contributed by atoms with van der Waals surface area (Å²) >= 11 is 0. The van der Waals surface area contributed by atoms with Crippen molar-refractivity contribution in [3.63, 3.8) is 0 Å². The van der Waals surface area contributed by atoms with Gasteiger partial charge in [-0.25, -0.2) is 9.13 Å². The van der Waals surface area contributed by atoms with Crippen LogP contribution < -0.4 is 5.32 Å². The van der Waals surface area contributed by atoms with Crippen molar-refractivity contribution >= 4 is 21.6 Å². The molecule has 86 heavy (non-hydrogen) atoms. The van der Waals surface area contributed by atoms with Crippen molar-refractivity contribution in [2.75, 3.05) is 13.2 Å². The zero-order valence-corrected chi connectivity index (χ0v) is 52.8. The standard InChI is InChI=1S/C58H113NO25P2/c1-3-5-7-9-11-13-15-17-19-20-21-23-25-27-29-31-33-35-41(61)59-38(42(62)39(60)34-32-30-28-26-24-22-18-16-14-12-10-8-6-4-2)36-79-85(75,76)84-57-53(73)49(69)48(68)52(72)56(57)82-58-54(74)44(64)43(63)40(81-58)37-80-86(77,78)83-55-50(70)46(66)45(65)47(67)51(55)71/h38-40,42-58,60,62-74H,3-37H2,1-2H3,(H,59,61)(H,75,76)(H,77,78)/t38-,39+,40+,42-,43+,44?,45?,46+,47?,48?,49?,50?,51?,52+,53?,54?,55?,56?,57-,58+/m0/s1. The third-order valence-electron chi connectivity index (χ3n) is 16.9. The first-order valence-electron chi connectivity index (χ1n) is 32.3. The van der Waals surface area contributed by atoms with Crippen molar-refractivity contribution in [3.05, 3.63) is 0 Å². The second-order valence-corrected chi connectivity index (χ2v) is 27.0. The monoisotopic (exact) mass is 1290 g/mol. The molecule has 3 fully saturated rings. The summed E-state index contributed by atoms with van der Waals surface area (Å²) in [6.45, 7) is 2.20. The van der Waals surface area contributed by atoms with Crippen LogP contribution in [-0.4, -0.2) is 223 Å². The van der Waals surface area contributed by atoms with Crippen LogP contribution in [0.4, 0.5) is 0 Å². The molecule has 26 nitrogen and oxygen atoms in total. The molecule has 3 aliphatic rings. The summed E-state index contributed by atoms with van der Waals surface area (Å²) in [4.78, 5) is 34.9. The molecule has 3 rings (SSSR count). The first-order chi connectivity index (χ1) is 40.9. The van der Waals surface area contributed by atoms with Crippen LogP contribution in [0.15, 0.2) is 0 Å². The molecule has 2 aliphatic carbocycles. The molecule has 13 unspecified atom stereocenters. The Kier molecular flexibility index (Phi) is 39.7. The Bertz CT molecular complexity index is 1850. The quantitative estimate of drug-likeness (QED) is 0.0306. The van der Waals surface area contributed by atoms with Crippen LogP contribution in [0, 0.1) is 0 Å². The predicted molar refractivity (Wildman–Crippen MR) is 315 cm³/mol. The Hall–Kier alpha value is -0.950. The summed E-state index contributed by atoms with van der Waals surface area (Å²) in [5.41, 5.74) is 0. The van der Waals surface area contributed by atoms with Crippen molar-refractivity contribution in [3.8, 4) is 0 Å². The smallest absolute Gasteiger partial charge is 0.390 e. The molecule has 2 saturated carbocycles. The van der Waals surface area contributed by atoms with Crippen LogP contribution in [0.1, 0.15) is 226 Å². The van der Waals surface area contributed by atoms with E-state index < -0.39 is 157 Å². The second kappa shape index (κ2) is 43.0. The summed E-state index contributed by atoms with van der Waals surface area (Å²) < 4.78 is 57.8. The first-order valence-corrected chi connectivity index (χ1v) is 35.3. The Morgan fingerprint density at radius 2 is 0.767 bits per heavy atom. The minimum Gasteiger partial charge on any atom is -0.390 e. The van der Waals surface area contributed by atoms with Crippen LogP contribution in [0.25, 0.3) is 0 Å². The number of carbonyl (C=O) groups is 1. The molecule has 0 aromatic heterocycles. The Labute approximate surface area is 509 Å². The Balaban J connectivity index is 1.63. The van der Waals surface area contributed by atoms with Gasteiger partial charge >= 0.3 is 15.6 Å². The molecule has 0 aromatic rings. The second-order valence-electron chi connectivity index (χ2n) is 24.2. The number of hydrogen-bond acceptors (Lipinski definition) is 23. The molecule has 0 aromatic carbocycles. The number of nitrogens with one attached hydrogen (secondary N) is 1. The highest BCUT2D eigenvalue weighted by Crippen LogP contribution is 2.49. The van der Waals surface area contributed by atoms with Gasteiger partial charge < -0.3 is 96.1 Å². The molecular formula is C58H113NO25P2.